The molecule has 1 aliphatic rings. The van der Waals surface area contributed by atoms with Crippen LogP contribution in [0.1, 0.15) is 51.2 Å². The molecule has 0 bridgehead atoms. The maximum Gasteiger partial charge on any atom is 0.410 e. The number of rotatable bonds is 8. The summed E-state index contributed by atoms with van der Waals surface area (Å²) in [4.78, 5) is 35.1. The van der Waals surface area contributed by atoms with E-state index in [1.165, 1.54) is 4.90 Å². The minimum Gasteiger partial charge on any atom is -0.444 e. The van der Waals surface area contributed by atoms with Crippen molar-refractivity contribution < 1.29 is 19.1 Å². The number of hydrogen-bond acceptors (Lipinski definition) is 6. The second kappa shape index (κ2) is 9.12. The van der Waals surface area contributed by atoms with Crippen LogP contribution < -0.4 is 5.32 Å². The minimum absolute atomic E-state index is 0.104. The quantitative estimate of drug-likeness (QED) is 0.746. The summed E-state index contributed by atoms with van der Waals surface area (Å²) in [6, 6.07) is 1.59. The Balaban J connectivity index is 2.03. The van der Waals surface area contributed by atoms with Gasteiger partial charge in [0.1, 0.15) is 12.1 Å². The van der Waals surface area contributed by atoms with Crippen LogP contribution >= 0.6 is 0 Å². The van der Waals surface area contributed by atoms with E-state index in [9.17, 15) is 9.59 Å². The lowest BCUT2D eigenvalue weighted by Gasteiger charge is -2.27. The molecule has 0 unspecified atom stereocenters. The molecule has 2 amide bonds. The zero-order chi connectivity index (χ0) is 20.0. The fourth-order valence-corrected chi connectivity index (χ4v) is 2.60. The molecule has 0 radical (unpaired) electrons. The number of carbonyl (C=O) groups is 2. The Hall–Kier alpha value is -2.22. The van der Waals surface area contributed by atoms with Gasteiger partial charge < -0.3 is 14.8 Å². The van der Waals surface area contributed by atoms with Crippen LogP contribution in [0.3, 0.4) is 0 Å². The standard InChI is InChI=1S/C19H30N4O4/c1-13-8-9-20-17(21-13)16(14-6-7-14)22-15(24)12-23(10-11-26-5)18(25)27-19(2,3)4/h8-9,14,16H,6-7,10-12H2,1-5H3,(H,22,24)/t16-/m1/s1. The highest BCUT2D eigenvalue weighted by molar-refractivity contribution is 5.82. The molecule has 1 aromatic heterocycles. The molecule has 1 aromatic rings. The number of ether oxygens (including phenoxy) is 2. The second-order valence-corrected chi connectivity index (χ2v) is 7.83. The molecular formula is C19H30N4O4. The van der Waals surface area contributed by atoms with Crippen molar-refractivity contribution in [3.05, 3.63) is 23.8 Å². The largest absolute Gasteiger partial charge is 0.444 e. The third kappa shape index (κ3) is 7.13. The van der Waals surface area contributed by atoms with Gasteiger partial charge in [-0.05, 0) is 52.5 Å². The molecule has 2 rings (SSSR count). The van der Waals surface area contributed by atoms with E-state index in [-0.39, 0.29) is 25.0 Å². The fourth-order valence-electron chi connectivity index (χ4n) is 2.60. The molecule has 8 heteroatoms. The Kier molecular flexibility index (Phi) is 7.12. The summed E-state index contributed by atoms with van der Waals surface area (Å²) in [6.07, 6.45) is 3.22. The zero-order valence-electron chi connectivity index (χ0n) is 16.8. The van der Waals surface area contributed by atoms with Gasteiger partial charge in [0.2, 0.25) is 5.91 Å². The molecule has 1 N–H and O–H groups in total. The molecule has 0 spiro atoms. The van der Waals surface area contributed by atoms with E-state index in [0.29, 0.717) is 18.3 Å². The van der Waals surface area contributed by atoms with Gasteiger partial charge in [0.25, 0.3) is 0 Å². The predicted octanol–water partition coefficient (Wildman–Crippen LogP) is 2.24. The van der Waals surface area contributed by atoms with Crippen LogP contribution in [0.4, 0.5) is 4.79 Å². The number of carbonyl (C=O) groups excluding carboxylic acids is 2. The van der Waals surface area contributed by atoms with Gasteiger partial charge in [-0.2, -0.15) is 0 Å². The van der Waals surface area contributed by atoms with Gasteiger partial charge in [0, 0.05) is 25.5 Å². The zero-order valence-corrected chi connectivity index (χ0v) is 16.8. The van der Waals surface area contributed by atoms with Crippen LogP contribution in [0.5, 0.6) is 0 Å². The molecule has 1 aliphatic carbocycles. The number of hydrogen-bond donors (Lipinski definition) is 1. The number of amides is 2. The summed E-state index contributed by atoms with van der Waals surface area (Å²) < 4.78 is 10.4. The maximum absolute atomic E-state index is 12.6. The van der Waals surface area contributed by atoms with E-state index >= 15 is 0 Å². The van der Waals surface area contributed by atoms with Crippen molar-refractivity contribution in [2.24, 2.45) is 5.92 Å². The number of nitrogens with zero attached hydrogens (tertiary/aromatic N) is 3. The molecule has 1 heterocycles. The van der Waals surface area contributed by atoms with E-state index in [1.807, 2.05) is 13.0 Å². The number of methoxy groups -OCH3 is 1. The molecule has 27 heavy (non-hydrogen) atoms. The summed E-state index contributed by atoms with van der Waals surface area (Å²) in [5.41, 5.74) is 0.223. The summed E-state index contributed by atoms with van der Waals surface area (Å²) in [7, 11) is 1.55. The van der Waals surface area contributed by atoms with Gasteiger partial charge in [0.05, 0.1) is 12.6 Å². The number of aryl methyl sites for hydroxylation is 1. The van der Waals surface area contributed by atoms with Crippen molar-refractivity contribution in [1.29, 1.82) is 0 Å². The molecule has 0 aromatic carbocycles. The topological polar surface area (TPSA) is 93.6 Å². The van der Waals surface area contributed by atoms with Gasteiger partial charge in [0.15, 0.2) is 5.82 Å². The molecule has 1 fully saturated rings. The van der Waals surface area contributed by atoms with Crippen molar-refractivity contribution in [2.45, 2.75) is 52.2 Å². The monoisotopic (exact) mass is 378 g/mol. The smallest absolute Gasteiger partial charge is 0.410 e. The second-order valence-electron chi connectivity index (χ2n) is 7.83. The third-order valence-electron chi connectivity index (χ3n) is 4.05. The molecule has 8 nitrogen and oxygen atoms in total. The van der Waals surface area contributed by atoms with E-state index in [4.69, 9.17) is 9.47 Å². The van der Waals surface area contributed by atoms with Crippen molar-refractivity contribution in [2.75, 3.05) is 26.8 Å². The molecule has 0 aliphatic heterocycles. The van der Waals surface area contributed by atoms with Crippen LogP contribution in [-0.2, 0) is 14.3 Å². The minimum atomic E-state index is -0.634. The molecular weight excluding hydrogens is 348 g/mol. The highest BCUT2D eigenvalue weighted by Crippen LogP contribution is 2.39. The Bertz CT molecular complexity index is 655. The van der Waals surface area contributed by atoms with Crippen LogP contribution in [0, 0.1) is 12.8 Å². The van der Waals surface area contributed by atoms with Crippen molar-refractivity contribution in [3.63, 3.8) is 0 Å². The first-order chi connectivity index (χ1) is 12.7. The van der Waals surface area contributed by atoms with E-state index in [1.54, 1.807) is 34.1 Å². The van der Waals surface area contributed by atoms with Crippen molar-refractivity contribution >= 4 is 12.0 Å². The molecule has 1 saturated carbocycles. The van der Waals surface area contributed by atoms with Crippen molar-refractivity contribution in [1.82, 2.24) is 20.2 Å². The molecule has 0 saturated heterocycles. The normalized spacial score (nSPS) is 15.1. The lowest BCUT2D eigenvalue weighted by atomic mass is 10.1. The van der Waals surface area contributed by atoms with E-state index in [2.05, 4.69) is 15.3 Å². The first kappa shape index (κ1) is 21.1. The Morgan fingerprint density at radius 2 is 2.07 bits per heavy atom. The van der Waals surface area contributed by atoms with Crippen LogP contribution in [0.2, 0.25) is 0 Å². The van der Waals surface area contributed by atoms with Gasteiger partial charge >= 0.3 is 6.09 Å². The van der Waals surface area contributed by atoms with Gasteiger partial charge in [-0.25, -0.2) is 14.8 Å². The van der Waals surface area contributed by atoms with Gasteiger partial charge in [-0.3, -0.25) is 9.69 Å². The Labute approximate surface area is 160 Å². The highest BCUT2D eigenvalue weighted by atomic mass is 16.6. The Morgan fingerprint density at radius 3 is 2.63 bits per heavy atom. The number of aromatic nitrogens is 2. The number of nitrogens with one attached hydrogen (secondary N) is 1. The first-order valence-corrected chi connectivity index (χ1v) is 9.25. The summed E-state index contributed by atoms with van der Waals surface area (Å²) in [5.74, 6) is 0.690. The average Bonchev–Trinajstić information content (AvgIpc) is 3.39. The molecule has 150 valence electrons. The predicted molar refractivity (Wildman–Crippen MR) is 100 cm³/mol. The summed E-state index contributed by atoms with van der Waals surface area (Å²) in [6.45, 7) is 7.75. The summed E-state index contributed by atoms with van der Waals surface area (Å²) in [5, 5.41) is 2.99. The van der Waals surface area contributed by atoms with E-state index in [0.717, 1.165) is 18.5 Å². The SMILES string of the molecule is COCCN(CC(=O)N[C@@H](c1nccc(C)n1)C1CC1)C(=O)OC(C)(C)C. The van der Waals surface area contributed by atoms with Crippen molar-refractivity contribution in [3.8, 4) is 0 Å². The van der Waals surface area contributed by atoms with Gasteiger partial charge in [-0.1, -0.05) is 0 Å². The van der Waals surface area contributed by atoms with Crippen LogP contribution in [0.15, 0.2) is 12.3 Å². The maximum atomic E-state index is 12.6. The summed E-state index contributed by atoms with van der Waals surface area (Å²) >= 11 is 0. The fraction of sp³-hybridized carbons (Fsp3) is 0.684. The first-order valence-electron chi connectivity index (χ1n) is 9.25. The third-order valence-corrected chi connectivity index (χ3v) is 4.05. The van der Waals surface area contributed by atoms with Crippen LogP contribution in [-0.4, -0.2) is 59.3 Å². The van der Waals surface area contributed by atoms with Crippen LogP contribution in [0.25, 0.3) is 0 Å². The molecule has 1 atom stereocenters. The lowest BCUT2D eigenvalue weighted by molar-refractivity contribution is -0.123. The average molecular weight is 378 g/mol. The highest BCUT2D eigenvalue weighted by Gasteiger charge is 2.36. The van der Waals surface area contributed by atoms with Gasteiger partial charge in [-0.15, -0.1) is 0 Å². The lowest BCUT2D eigenvalue weighted by Crippen LogP contribution is -2.45. The van der Waals surface area contributed by atoms with E-state index < -0.39 is 11.7 Å². The Morgan fingerprint density at radius 1 is 1.37 bits per heavy atom.